The van der Waals surface area contributed by atoms with E-state index in [2.05, 4.69) is 9.12 Å². The Morgan fingerprint density at radius 2 is 1.38 bits per heavy atom. The van der Waals surface area contributed by atoms with E-state index >= 15 is 0 Å². The van der Waals surface area contributed by atoms with Gasteiger partial charge in [-0.15, -0.1) is 0 Å². The van der Waals surface area contributed by atoms with Gasteiger partial charge in [0.2, 0.25) is 17.2 Å². The quantitative estimate of drug-likeness (QED) is 0.320. The van der Waals surface area contributed by atoms with Crippen molar-refractivity contribution in [3.05, 3.63) is 126 Å². The first-order valence-electron chi connectivity index (χ1n) is 12.4. The molecule has 3 aromatic carbocycles. The monoisotopic (exact) mass is 602 g/mol. The number of hydrogen-bond donors (Lipinski definition) is 1. The van der Waals surface area contributed by atoms with Crippen LogP contribution in [0.25, 0.3) is 6.08 Å². The van der Waals surface area contributed by atoms with Crippen LogP contribution in [0, 0.1) is 0 Å². The van der Waals surface area contributed by atoms with Crippen LogP contribution < -0.4 is 4.72 Å². The molecule has 0 amide bonds. The summed E-state index contributed by atoms with van der Waals surface area (Å²) in [5.41, 5.74) is -3.28. The number of ether oxygens (including phenoxy) is 1. The van der Waals surface area contributed by atoms with Gasteiger partial charge in [0.1, 0.15) is 5.71 Å². The summed E-state index contributed by atoms with van der Waals surface area (Å²) in [6, 6.07) is 20.8. The number of allylic oxidation sites excluding steroid dienone is 2. The van der Waals surface area contributed by atoms with Gasteiger partial charge in [-0.25, -0.2) is 8.42 Å². The molecule has 0 saturated carbocycles. The molecule has 2 aliphatic carbocycles. The van der Waals surface area contributed by atoms with Gasteiger partial charge in [-0.2, -0.15) is 12.8 Å². The number of nitrogens with zero attached hydrogens (tertiary/aromatic N) is 1. The van der Waals surface area contributed by atoms with Crippen LogP contribution in [-0.2, 0) is 44.8 Å². The fourth-order valence-corrected chi connectivity index (χ4v) is 6.68. The van der Waals surface area contributed by atoms with E-state index in [1.54, 1.807) is 30.3 Å². The minimum atomic E-state index is -4.47. The maximum absolute atomic E-state index is 14.0. The van der Waals surface area contributed by atoms with Gasteiger partial charge in [-0.1, -0.05) is 66.7 Å². The van der Waals surface area contributed by atoms with Crippen molar-refractivity contribution in [1.29, 1.82) is 0 Å². The maximum atomic E-state index is 14.0. The van der Waals surface area contributed by atoms with Gasteiger partial charge in [-0.05, 0) is 48.1 Å². The van der Waals surface area contributed by atoms with Gasteiger partial charge >= 0.3 is 5.97 Å². The highest BCUT2D eigenvalue weighted by Gasteiger charge is 2.52. The lowest BCUT2D eigenvalue weighted by Gasteiger charge is -2.36. The molecule has 10 nitrogen and oxygen atoms in total. The van der Waals surface area contributed by atoms with Crippen molar-refractivity contribution in [3.8, 4) is 0 Å². The normalized spacial score (nSPS) is 19.5. The number of rotatable bonds is 7. The standard InChI is InChI=1S/C30H22N2O8S2/c1-20(33)40-30(25-15-9-8-10-21(25)16-17-28(30)34)26-18-22(31-41(36,37)23-11-4-2-5-12-23)19-27(29(26)35)32-42(38,39)24-13-6-3-7-14-24/h2-19,31H,1H3/b32-27+. The molecule has 0 heterocycles. The third kappa shape index (κ3) is 5.24. The number of ketones is 2. The van der Waals surface area contributed by atoms with Crippen molar-refractivity contribution in [3.63, 3.8) is 0 Å². The smallest absolute Gasteiger partial charge is 0.304 e. The van der Waals surface area contributed by atoms with Crippen LogP contribution in [0.2, 0.25) is 0 Å². The summed E-state index contributed by atoms with van der Waals surface area (Å²) < 4.78 is 64.4. The summed E-state index contributed by atoms with van der Waals surface area (Å²) in [5.74, 6) is -2.79. The van der Waals surface area contributed by atoms with Crippen molar-refractivity contribution in [2.75, 3.05) is 0 Å². The van der Waals surface area contributed by atoms with Crippen LogP contribution in [0.3, 0.4) is 0 Å². The van der Waals surface area contributed by atoms with Gasteiger partial charge < -0.3 is 4.74 Å². The third-order valence-corrected chi connectivity index (χ3v) is 9.11. The molecule has 5 rings (SSSR count). The van der Waals surface area contributed by atoms with E-state index in [4.69, 9.17) is 4.74 Å². The molecule has 0 spiro atoms. The molecule has 1 unspecified atom stereocenters. The van der Waals surface area contributed by atoms with Gasteiger partial charge in [0.05, 0.1) is 21.1 Å². The lowest BCUT2D eigenvalue weighted by atomic mass is 9.73. The second-order valence-corrected chi connectivity index (χ2v) is 12.5. The topological polar surface area (TPSA) is 153 Å². The zero-order valence-electron chi connectivity index (χ0n) is 21.9. The first kappa shape index (κ1) is 28.6. The molecule has 3 aromatic rings. The highest BCUT2D eigenvalue weighted by Crippen LogP contribution is 2.43. The molecule has 42 heavy (non-hydrogen) atoms. The number of fused-ring (bicyclic) bond motifs is 1. The molecule has 0 aliphatic heterocycles. The van der Waals surface area contributed by atoms with Crippen molar-refractivity contribution in [1.82, 2.24) is 4.72 Å². The molecular formula is C30H22N2O8S2. The first-order chi connectivity index (χ1) is 19.9. The molecule has 12 heteroatoms. The van der Waals surface area contributed by atoms with Crippen molar-refractivity contribution in [2.24, 2.45) is 4.40 Å². The van der Waals surface area contributed by atoms with Gasteiger partial charge in [-0.3, -0.25) is 19.1 Å². The average molecular weight is 603 g/mol. The zero-order valence-corrected chi connectivity index (χ0v) is 23.6. The van der Waals surface area contributed by atoms with E-state index < -0.39 is 54.5 Å². The van der Waals surface area contributed by atoms with E-state index in [-0.39, 0.29) is 21.1 Å². The molecule has 0 bridgehead atoms. The third-order valence-electron chi connectivity index (χ3n) is 6.41. The molecule has 2 aliphatic rings. The predicted octanol–water partition coefficient (Wildman–Crippen LogP) is 3.24. The van der Waals surface area contributed by atoms with Crippen molar-refractivity contribution in [2.45, 2.75) is 22.3 Å². The fraction of sp³-hybridized carbons (Fsp3) is 0.0667. The Hall–Kier alpha value is -4.94. The predicted molar refractivity (Wildman–Crippen MR) is 153 cm³/mol. The molecule has 212 valence electrons. The van der Waals surface area contributed by atoms with E-state index in [1.807, 2.05) is 0 Å². The molecular weight excluding hydrogens is 580 g/mol. The average Bonchev–Trinajstić information content (AvgIpc) is 2.97. The van der Waals surface area contributed by atoms with Gasteiger partial charge in [0.25, 0.3) is 20.0 Å². The molecule has 1 atom stereocenters. The Labute approximate surface area is 241 Å². The van der Waals surface area contributed by atoms with Crippen LogP contribution in [0.1, 0.15) is 18.1 Å². The minimum absolute atomic E-state index is 0.120. The summed E-state index contributed by atoms with van der Waals surface area (Å²) >= 11 is 0. The summed E-state index contributed by atoms with van der Waals surface area (Å²) in [6.45, 7) is 1.05. The number of hydrogen-bond acceptors (Lipinski definition) is 8. The number of esters is 1. The highest BCUT2D eigenvalue weighted by molar-refractivity contribution is 7.90. The van der Waals surface area contributed by atoms with E-state index in [0.29, 0.717) is 5.56 Å². The summed E-state index contributed by atoms with van der Waals surface area (Å²) in [7, 11) is -8.72. The summed E-state index contributed by atoms with van der Waals surface area (Å²) in [4.78, 5) is 39.7. The molecule has 1 N–H and O–H groups in total. The number of carbonyl (C=O) groups excluding carboxylic acids is 3. The minimum Gasteiger partial charge on any atom is -0.441 e. The molecule has 0 saturated heterocycles. The maximum Gasteiger partial charge on any atom is 0.304 e. The fourth-order valence-electron chi connectivity index (χ4n) is 4.62. The van der Waals surface area contributed by atoms with E-state index in [1.165, 1.54) is 60.7 Å². The summed E-state index contributed by atoms with van der Waals surface area (Å²) in [6.07, 6.45) is 4.61. The molecule has 0 fully saturated rings. The molecule has 0 aromatic heterocycles. The Morgan fingerprint density at radius 3 is 2.02 bits per heavy atom. The lowest BCUT2D eigenvalue weighted by molar-refractivity contribution is -0.161. The Kier molecular flexibility index (Phi) is 7.35. The number of carbonyl (C=O) groups is 3. The Balaban J connectivity index is 1.75. The highest BCUT2D eigenvalue weighted by atomic mass is 32.2. The number of benzene rings is 3. The lowest BCUT2D eigenvalue weighted by Crippen LogP contribution is -2.47. The largest absolute Gasteiger partial charge is 0.441 e. The Morgan fingerprint density at radius 1 is 0.786 bits per heavy atom. The van der Waals surface area contributed by atoms with Gasteiger partial charge in [0.15, 0.2) is 0 Å². The molecule has 0 radical (unpaired) electrons. The van der Waals surface area contributed by atoms with E-state index in [0.717, 1.165) is 25.2 Å². The Bertz CT molecular complexity index is 1960. The van der Waals surface area contributed by atoms with Crippen molar-refractivity contribution >= 4 is 49.4 Å². The van der Waals surface area contributed by atoms with E-state index in [9.17, 15) is 31.2 Å². The van der Waals surface area contributed by atoms with Crippen LogP contribution in [0.15, 0.2) is 129 Å². The van der Waals surface area contributed by atoms with Crippen LogP contribution >= 0.6 is 0 Å². The first-order valence-corrected chi connectivity index (χ1v) is 15.3. The number of Topliss-reactive ketones (excluding diaryl/α,β-unsaturated/α-hetero) is 1. The van der Waals surface area contributed by atoms with Crippen molar-refractivity contribution < 1.29 is 36.0 Å². The second kappa shape index (κ2) is 10.8. The second-order valence-electron chi connectivity index (χ2n) is 9.23. The number of nitrogens with one attached hydrogen (secondary N) is 1. The zero-order chi connectivity index (χ0) is 30.1. The summed E-state index contributed by atoms with van der Waals surface area (Å²) in [5, 5.41) is 0. The van der Waals surface area contributed by atoms with Crippen LogP contribution in [0.5, 0.6) is 0 Å². The van der Waals surface area contributed by atoms with Gasteiger partial charge in [0, 0.05) is 12.5 Å². The number of sulfonamides is 2. The van der Waals surface area contributed by atoms with Crippen LogP contribution in [-0.4, -0.2) is 40.1 Å². The SMILES string of the molecule is CC(=O)OC1(C2=CC(NS(=O)(=O)c3ccccc3)=C/C(=N\S(=O)(=O)c3ccccc3)C2=O)C(=O)C=Cc2ccccc21. The van der Waals surface area contributed by atoms with Crippen LogP contribution in [0.4, 0.5) is 0 Å².